The number of likely N-dealkylation sites (tertiary alicyclic amines) is 1. The highest BCUT2D eigenvalue weighted by molar-refractivity contribution is 7.92. The third kappa shape index (κ3) is 6.25. The molecule has 2 heterocycles. The maximum Gasteiger partial charge on any atom is 0.421 e. The summed E-state index contributed by atoms with van der Waals surface area (Å²) in [6, 6.07) is 14.3. The first kappa shape index (κ1) is 28.6. The standard InChI is InChI=1S/C28H35N3O7S/c1-28(2,3)24-15-23(13-14-30(24)26(33)34)39(36,37)22-11-9-21(10-12-22)31(25(32)20-16-29-17-20)27(35)38-18-19-7-5-4-6-8-19/h4-12,20,23-24,29H,13-18H2,1-3H3,(H,33,34). The van der Waals surface area contributed by atoms with Gasteiger partial charge in [0.2, 0.25) is 5.91 Å². The van der Waals surface area contributed by atoms with Gasteiger partial charge in [0.1, 0.15) is 6.61 Å². The van der Waals surface area contributed by atoms with E-state index in [0.717, 1.165) is 10.5 Å². The Morgan fingerprint density at radius 1 is 1.05 bits per heavy atom. The van der Waals surface area contributed by atoms with Gasteiger partial charge >= 0.3 is 12.2 Å². The first-order chi connectivity index (χ1) is 18.4. The van der Waals surface area contributed by atoms with Crippen molar-refractivity contribution in [1.82, 2.24) is 10.2 Å². The van der Waals surface area contributed by atoms with Crippen LogP contribution in [0.4, 0.5) is 15.3 Å². The van der Waals surface area contributed by atoms with E-state index < -0.39 is 44.6 Å². The van der Waals surface area contributed by atoms with Gasteiger partial charge in [-0.1, -0.05) is 51.1 Å². The molecule has 0 aromatic heterocycles. The predicted molar refractivity (Wildman–Crippen MR) is 145 cm³/mol. The Bertz CT molecular complexity index is 1300. The molecule has 11 heteroatoms. The summed E-state index contributed by atoms with van der Waals surface area (Å²) < 4.78 is 32.5. The van der Waals surface area contributed by atoms with Crippen molar-refractivity contribution in [1.29, 1.82) is 0 Å². The summed E-state index contributed by atoms with van der Waals surface area (Å²) in [5, 5.41) is 11.9. The minimum atomic E-state index is -3.79. The van der Waals surface area contributed by atoms with Crippen LogP contribution in [0.25, 0.3) is 0 Å². The highest BCUT2D eigenvalue weighted by Gasteiger charge is 2.43. The molecular weight excluding hydrogens is 522 g/mol. The number of nitrogens with one attached hydrogen (secondary N) is 1. The summed E-state index contributed by atoms with van der Waals surface area (Å²) in [4.78, 5) is 40.3. The highest BCUT2D eigenvalue weighted by Crippen LogP contribution is 2.36. The van der Waals surface area contributed by atoms with Gasteiger partial charge < -0.3 is 20.1 Å². The lowest BCUT2D eigenvalue weighted by atomic mass is 9.80. The van der Waals surface area contributed by atoms with Gasteiger partial charge in [-0.3, -0.25) is 4.79 Å². The molecule has 2 fully saturated rings. The Hall–Kier alpha value is -3.44. The van der Waals surface area contributed by atoms with Gasteiger partial charge in [0.15, 0.2) is 9.84 Å². The third-order valence-electron chi connectivity index (χ3n) is 7.40. The van der Waals surface area contributed by atoms with Crippen molar-refractivity contribution in [2.24, 2.45) is 11.3 Å². The molecule has 4 rings (SSSR count). The number of ether oxygens (including phenoxy) is 1. The summed E-state index contributed by atoms with van der Waals surface area (Å²) in [6.45, 7) is 6.70. The minimum absolute atomic E-state index is 0.0111. The van der Waals surface area contributed by atoms with Gasteiger partial charge in [0.25, 0.3) is 0 Å². The second kappa shape index (κ2) is 11.4. The van der Waals surface area contributed by atoms with E-state index in [2.05, 4.69) is 5.32 Å². The summed E-state index contributed by atoms with van der Waals surface area (Å²) in [5.74, 6) is -0.803. The monoisotopic (exact) mass is 557 g/mol. The number of hydrogen-bond acceptors (Lipinski definition) is 7. The van der Waals surface area contributed by atoms with Crippen molar-refractivity contribution in [2.75, 3.05) is 24.5 Å². The van der Waals surface area contributed by atoms with E-state index in [4.69, 9.17) is 4.74 Å². The van der Waals surface area contributed by atoms with Crippen LogP contribution in [0.2, 0.25) is 0 Å². The molecule has 39 heavy (non-hydrogen) atoms. The van der Waals surface area contributed by atoms with Crippen LogP contribution in [0, 0.1) is 11.3 Å². The Balaban J connectivity index is 1.54. The minimum Gasteiger partial charge on any atom is -0.465 e. The Labute approximate surface area is 228 Å². The number of anilines is 1. The van der Waals surface area contributed by atoms with Crippen LogP contribution in [0.1, 0.15) is 39.2 Å². The fourth-order valence-electron chi connectivity index (χ4n) is 4.99. The molecule has 0 radical (unpaired) electrons. The molecule has 2 aliphatic rings. The SMILES string of the molecule is CC(C)(C)C1CC(S(=O)(=O)c2ccc(N(C(=O)OCc3ccccc3)C(=O)C3CNC3)cc2)CCN1C(=O)O. The fourth-order valence-corrected chi connectivity index (χ4v) is 6.75. The van der Waals surface area contributed by atoms with Crippen molar-refractivity contribution in [3.05, 3.63) is 60.2 Å². The number of hydrogen-bond donors (Lipinski definition) is 2. The number of piperidine rings is 1. The molecule has 210 valence electrons. The van der Waals surface area contributed by atoms with E-state index in [1.165, 1.54) is 29.2 Å². The molecular formula is C28H35N3O7S. The second-order valence-corrected chi connectivity index (χ2v) is 13.3. The number of sulfone groups is 1. The molecule has 2 aromatic carbocycles. The highest BCUT2D eigenvalue weighted by atomic mass is 32.2. The van der Waals surface area contributed by atoms with E-state index in [9.17, 15) is 27.9 Å². The van der Waals surface area contributed by atoms with E-state index in [1.54, 1.807) is 12.1 Å². The molecule has 2 atom stereocenters. The van der Waals surface area contributed by atoms with Crippen LogP contribution in [0.5, 0.6) is 0 Å². The second-order valence-electron chi connectivity index (χ2n) is 11.1. The molecule has 0 saturated carbocycles. The Kier molecular flexibility index (Phi) is 8.31. The summed E-state index contributed by atoms with van der Waals surface area (Å²) >= 11 is 0. The van der Waals surface area contributed by atoms with Gasteiger partial charge in [0, 0.05) is 25.7 Å². The lowest BCUT2D eigenvalue weighted by Crippen LogP contribution is -2.54. The number of rotatable bonds is 6. The normalized spacial score (nSPS) is 20.1. The Morgan fingerprint density at radius 2 is 1.69 bits per heavy atom. The molecule has 2 unspecified atom stereocenters. The van der Waals surface area contributed by atoms with Crippen LogP contribution in [0.15, 0.2) is 59.5 Å². The summed E-state index contributed by atoms with van der Waals surface area (Å²) in [5.41, 5.74) is 0.554. The van der Waals surface area contributed by atoms with E-state index in [0.29, 0.717) is 13.1 Å². The third-order valence-corrected chi connectivity index (χ3v) is 9.64. The average molecular weight is 558 g/mol. The smallest absolute Gasteiger partial charge is 0.421 e. The topological polar surface area (TPSA) is 133 Å². The number of benzene rings is 2. The zero-order valence-corrected chi connectivity index (χ0v) is 23.2. The first-order valence-electron chi connectivity index (χ1n) is 13.0. The predicted octanol–water partition coefficient (Wildman–Crippen LogP) is 3.91. The number of imide groups is 1. The number of carbonyl (C=O) groups is 3. The van der Waals surface area contributed by atoms with Gasteiger partial charge in [-0.05, 0) is 48.1 Å². The van der Waals surface area contributed by atoms with Gasteiger partial charge in [-0.15, -0.1) is 0 Å². The zero-order valence-electron chi connectivity index (χ0n) is 22.4. The fraction of sp³-hybridized carbons (Fsp3) is 0.464. The lowest BCUT2D eigenvalue weighted by molar-refractivity contribution is -0.123. The summed E-state index contributed by atoms with van der Waals surface area (Å²) in [6.07, 6.45) is -1.51. The van der Waals surface area contributed by atoms with Gasteiger partial charge in [-0.2, -0.15) is 0 Å². The zero-order chi connectivity index (χ0) is 28.4. The number of carboxylic acid groups (broad SMARTS) is 1. The quantitative estimate of drug-likeness (QED) is 0.546. The van der Waals surface area contributed by atoms with E-state index in [1.807, 2.05) is 39.0 Å². The number of carbonyl (C=O) groups excluding carboxylic acids is 2. The van der Waals surface area contributed by atoms with Gasteiger partial charge in [0.05, 0.1) is 21.8 Å². The van der Waals surface area contributed by atoms with Gasteiger partial charge in [-0.25, -0.2) is 22.9 Å². The molecule has 10 nitrogen and oxygen atoms in total. The Morgan fingerprint density at radius 3 is 2.23 bits per heavy atom. The summed E-state index contributed by atoms with van der Waals surface area (Å²) in [7, 11) is -3.79. The number of nitrogens with zero attached hydrogens (tertiary/aromatic N) is 2. The van der Waals surface area contributed by atoms with Crippen LogP contribution < -0.4 is 10.2 Å². The molecule has 0 aliphatic carbocycles. The van der Waals surface area contributed by atoms with Crippen LogP contribution in [-0.4, -0.2) is 67.4 Å². The molecule has 2 aliphatic heterocycles. The maximum absolute atomic E-state index is 13.6. The van der Waals surface area contributed by atoms with Crippen LogP contribution in [-0.2, 0) is 26.0 Å². The lowest BCUT2D eigenvalue weighted by Gasteiger charge is -2.44. The molecule has 2 saturated heterocycles. The van der Waals surface area contributed by atoms with Crippen molar-refractivity contribution in [3.8, 4) is 0 Å². The molecule has 3 amide bonds. The van der Waals surface area contributed by atoms with Crippen molar-refractivity contribution >= 4 is 33.6 Å². The van der Waals surface area contributed by atoms with Crippen LogP contribution >= 0.6 is 0 Å². The largest absolute Gasteiger partial charge is 0.465 e. The number of amides is 3. The molecule has 2 aromatic rings. The van der Waals surface area contributed by atoms with E-state index in [-0.39, 0.29) is 42.5 Å². The van der Waals surface area contributed by atoms with Crippen molar-refractivity contribution in [2.45, 2.75) is 56.4 Å². The van der Waals surface area contributed by atoms with E-state index >= 15 is 0 Å². The van der Waals surface area contributed by atoms with Crippen molar-refractivity contribution < 1.29 is 32.6 Å². The van der Waals surface area contributed by atoms with Crippen molar-refractivity contribution in [3.63, 3.8) is 0 Å². The maximum atomic E-state index is 13.6. The average Bonchev–Trinajstić information content (AvgIpc) is 2.86. The molecule has 2 N–H and O–H groups in total. The van der Waals surface area contributed by atoms with Crippen LogP contribution in [0.3, 0.4) is 0 Å². The first-order valence-corrected chi connectivity index (χ1v) is 14.5. The molecule has 0 spiro atoms. The molecule has 0 bridgehead atoms.